The molecule has 3 nitrogen and oxygen atoms in total. The normalized spacial score (nSPS) is 10.6. The van der Waals surface area contributed by atoms with Gasteiger partial charge < -0.3 is 5.73 Å². The standard InChI is InChI=1S/C11H12FN3/c1-6-3-4-7(2)8(5-6)10-9(12)11(13)15-14-10/h3-5H,1-2H3,(H3,13,14,15). The summed E-state index contributed by atoms with van der Waals surface area (Å²) in [5.41, 5.74) is 8.57. The van der Waals surface area contributed by atoms with Gasteiger partial charge in [-0.3, -0.25) is 5.10 Å². The van der Waals surface area contributed by atoms with Crippen LogP contribution < -0.4 is 5.73 Å². The minimum atomic E-state index is -0.483. The molecule has 1 aromatic carbocycles. The molecule has 0 aliphatic heterocycles. The average molecular weight is 205 g/mol. The summed E-state index contributed by atoms with van der Waals surface area (Å²) in [4.78, 5) is 0. The van der Waals surface area contributed by atoms with E-state index in [4.69, 9.17) is 5.73 Å². The third-order valence-corrected chi connectivity index (χ3v) is 2.39. The number of aromatic nitrogens is 2. The van der Waals surface area contributed by atoms with Crippen molar-refractivity contribution in [3.8, 4) is 11.3 Å². The number of aromatic amines is 1. The summed E-state index contributed by atoms with van der Waals surface area (Å²) in [5, 5.41) is 6.25. The summed E-state index contributed by atoms with van der Waals surface area (Å²) >= 11 is 0. The zero-order chi connectivity index (χ0) is 11.0. The molecule has 0 fully saturated rings. The van der Waals surface area contributed by atoms with Gasteiger partial charge in [-0.05, 0) is 25.5 Å². The van der Waals surface area contributed by atoms with Gasteiger partial charge in [0.15, 0.2) is 11.6 Å². The molecule has 2 aromatic rings. The number of halogens is 1. The molecule has 3 N–H and O–H groups in total. The third-order valence-electron chi connectivity index (χ3n) is 2.39. The van der Waals surface area contributed by atoms with E-state index in [-0.39, 0.29) is 5.82 Å². The van der Waals surface area contributed by atoms with Crippen LogP contribution in [0.2, 0.25) is 0 Å². The summed E-state index contributed by atoms with van der Waals surface area (Å²) in [6.45, 7) is 3.88. The van der Waals surface area contributed by atoms with Gasteiger partial charge in [-0.1, -0.05) is 17.7 Å². The van der Waals surface area contributed by atoms with Crippen molar-refractivity contribution < 1.29 is 4.39 Å². The van der Waals surface area contributed by atoms with Gasteiger partial charge in [-0.2, -0.15) is 5.10 Å². The van der Waals surface area contributed by atoms with Crippen LogP contribution in [0.5, 0.6) is 0 Å². The van der Waals surface area contributed by atoms with Gasteiger partial charge in [-0.25, -0.2) is 4.39 Å². The molecule has 0 saturated heterocycles. The minimum Gasteiger partial charge on any atom is -0.380 e. The van der Waals surface area contributed by atoms with Crippen molar-refractivity contribution >= 4 is 5.82 Å². The van der Waals surface area contributed by atoms with Crippen molar-refractivity contribution in [2.45, 2.75) is 13.8 Å². The molecule has 4 heteroatoms. The van der Waals surface area contributed by atoms with Gasteiger partial charge in [0.05, 0.1) is 0 Å². The zero-order valence-electron chi connectivity index (χ0n) is 8.63. The molecule has 0 radical (unpaired) electrons. The second-order valence-electron chi connectivity index (χ2n) is 3.62. The minimum absolute atomic E-state index is 0.0918. The van der Waals surface area contributed by atoms with Crippen molar-refractivity contribution in [2.24, 2.45) is 0 Å². The highest BCUT2D eigenvalue weighted by atomic mass is 19.1. The van der Waals surface area contributed by atoms with Crippen LogP contribution in [0.15, 0.2) is 18.2 Å². The van der Waals surface area contributed by atoms with E-state index in [9.17, 15) is 4.39 Å². The van der Waals surface area contributed by atoms with E-state index in [1.807, 2.05) is 32.0 Å². The molecule has 1 aromatic heterocycles. The van der Waals surface area contributed by atoms with Crippen LogP contribution in [0.3, 0.4) is 0 Å². The lowest BCUT2D eigenvalue weighted by Gasteiger charge is -2.04. The third kappa shape index (κ3) is 1.58. The fraction of sp³-hybridized carbons (Fsp3) is 0.182. The van der Waals surface area contributed by atoms with Crippen molar-refractivity contribution in [2.75, 3.05) is 5.73 Å². The van der Waals surface area contributed by atoms with Gasteiger partial charge in [0.2, 0.25) is 0 Å². The molecule has 0 amide bonds. The van der Waals surface area contributed by atoms with Gasteiger partial charge in [0, 0.05) is 5.56 Å². The van der Waals surface area contributed by atoms with E-state index in [0.29, 0.717) is 5.69 Å². The van der Waals surface area contributed by atoms with Crippen LogP contribution in [-0.2, 0) is 0 Å². The maximum absolute atomic E-state index is 13.5. The fourth-order valence-corrected chi connectivity index (χ4v) is 1.53. The van der Waals surface area contributed by atoms with Crippen molar-refractivity contribution in [1.82, 2.24) is 10.2 Å². The Morgan fingerprint density at radius 1 is 1.33 bits per heavy atom. The van der Waals surface area contributed by atoms with Gasteiger partial charge in [0.25, 0.3) is 0 Å². The fourth-order valence-electron chi connectivity index (χ4n) is 1.53. The summed E-state index contributed by atoms with van der Waals surface area (Å²) in [7, 11) is 0. The van der Waals surface area contributed by atoms with Crippen LogP contribution in [0.1, 0.15) is 11.1 Å². The maximum atomic E-state index is 13.5. The molecule has 0 spiro atoms. The molecule has 0 unspecified atom stereocenters. The first-order valence-electron chi connectivity index (χ1n) is 4.66. The molecule has 0 aliphatic rings. The zero-order valence-corrected chi connectivity index (χ0v) is 8.63. The van der Waals surface area contributed by atoms with Crippen LogP contribution >= 0.6 is 0 Å². The van der Waals surface area contributed by atoms with Gasteiger partial charge in [-0.15, -0.1) is 0 Å². The molecule has 0 saturated carbocycles. The number of benzene rings is 1. The second kappa shape index (κ2) is 3.38. The lowest BCUT2D eigenvalue weighted by atomic mass is 10.0. The molecule has 0 bridgehead atoms. The highest BCUT2D eigenvalue weighted by molar-refractivity contribution is 5.67. The molecule has 15 heavy (non-hydrogen) atoms. The van der Waals surface area contributed by atoms with E-state index in [2.05, 4.69) is 10.2 Å². The maximum Gasteiger partial charge on any atom is 0.192 e. The number of nitrogens with zero attached hydrogens (tertiary/aromatic N) is 1. The lowest BCUT2D eigenvalue weighted by molar-refractivity contribution is 0.636. The number of hydrogen-bond donors (Lipinski definition) is 2. The van der Waals surface area contributed by atoms with Gasteiger partial charge >= 0.3 is 0 Å². The number of rotatable bonds is 1. The number of nitrogens with one attached hydrogen (secondary N) is 1. The Labute approximate surface area is 87.1 Å². The van der Waals surface area contributed by atoms with Gasteiger partial charge in [0.1, 0.15) is 5.69 Å². The highest BCUT2D eigenvalue weighted by Crippen LogP contribution is 2.27. The molecule has 0 atom stereocenters. The molecular formula is C11H12FN3. The number of H-pyrrole nitrogens is 1. The Hall–Kier alpha value is -1.84. The highest BCUT2D eigenvalue weighted by Gasteiger charge is 2.13. The topological polar surface area (TPSA) is 54.7 Å². The van der Waals surface area contributed by atoms with Crippen molar-refractivity contribution in [3.05, 3.63) is 35.1 Å². The Kier molecular flexibility index (Phi) is 2.19. The first-order valence-corrected chi connectivity index (χ1v) is 4.66. The summed E-state index contributed by atoms with van der Waals surface area (Å²) < 4.78 is 13.5. The largest absolute Gasteiger partial charge is 0.380 e. The van der Waals surface area contributed by atoms with E-state index >= 15 is 0 Å². The Morgan fingerprint density at radius 3 is 2.67 bits per heavy atom. The predicted octanol–water partition coefficient (Wildman–Crippen LogP) is 2.41. The van der Waals surface area contributed by atoms with Crippen molar-refractivity contribution in [1.29, 1.82) is 0 Å². The van der Waals surface area contributed by atoms with E-state index in [1.165, 1.54) is 0 Å². The average Bonchev–Trinajstić information content (AvgIpc) is 2.52. The van der Waals surface area contributed by atoms with E-state index < -0.39 is 5.82 Å². The number of aryl methyl sites for hydroxylation is 2. The van der Waals surface area contributed by atoms with E-state index in [1.54, 1.807) is 0 Å². The second-order valence-corrected chi connectivity index (χ2v) is 3.62. The van der Waals surface area contributed by atoms with Crippen LogP contribution in [0.4, 0.5) is 10.2 Å². The summed E-state index contributed by atoms with van der Waals surface area (Å²) in [6.07, 6.45) is 0. The quantitative estimate of drug-likeness (QED) is 0.751. The molecule has 78 valence electrons. The van der Waals surface area contributed by atoms with Crippen LogP contribution in [-0.4, -0.2) is 10.2 Å². The lowest BCUT2D eigenvalue weighted by Crippen LogP contribution is -1.89. The molecule has 0 aliphatic carbocycles. The number of hydrogen-bond acceptors (Lipinski definition) is 2. The number of nitrogen functional groups attached to an aromatic ring is 1. The monoisotopic (exact) mass is 205 g/mol. The Morgan fingerprint density at radius 2 is 2.07 bits per heavy atom. The number of nitrogens with two attached hydrogens (primary N) is 1. The Bertz CT molecular complexity index is 503. The first kappa shape index (κ1) is 9.71. The van der Waals surface area contributed by atoms with Crippen LogP contribution in [0.25, 0.3) is 11.3 Å². The Balaban J connectivity index is 2.63. The van der Waals surface area contributed by atoms with E-state index in [0.717, 1.165) is 16.7 Å². The predicted molar refractivity (Wildman–Crippen MR) is 57.9 cm³/mol. The molecule has 2 rings (SSSR count). The summed E-state index contributed by atoms with van der Waals surface area (Å²) in [6, 6.07) is 5.84. The molecular weight excluding hydrogens is 193 g/mol. The first-order chi connectivity index (χ1) is 7.09. The summed E-state index contributed by atoms with van der Waals surface area (Å²) in [5.74, 6) is -0.574. The van der Waals surface area contributed by atoms with Crippen LogP contribution in [0, 0.1) is 19.7 Å². The molecule has 1 heterocycles. The number of anilines is 1. The SMILES string of the molecule is Cc1ccc(C)c(-c2[nH]nc(N)c2F)c1. The van der Waals surface area contributed by atoms with Crippen molar-refractivity contribution in [3.63, 3.8) is 0 Å². The smallest absolute Gasteiger partial charge is 0.192 e.